The third kappa shape index (κ3) is 4.95. The fourth-order valence-corrected chi connectivity index (χ4v) is 4.25. The van der Waals surface area contributed by atoms with Crippen LogP contribution in [0.25, 0.3) is 0 Å². The lowest BCUT2D eigenvalue weighted by atomic mass is 9.85. The van der Waals surface area contributed by atoms with Crippen LogP contribution in [0.15, 0.2) is 0 Å². The van der Waals surface area contributed by atoms with Crippen molar-refractivity contribution in [2.75, 3.05) is 38.9 Å². The normalized spacial score (nSPS) is 30.0. The van der Waals surface area contributed by atoms with Crippen LogP contribution in [0.4, 0.5) is 4.79 Å². The number of piperidine rings is 3. The van der Waals surface area contributed by atoms with Gasteiger partial charge in [0.2, 0.25) is 0 Å². The highest BCUT2D eigenvalue weighted by Crippen LogP contribution is 2.38. The number of fused-ring (bicyclic) bond motifs is 3. The van der Waals surface area contributed by atoms with Gasteiger partial charge in [0.25, 0.3) is 0 Å². The maximum Gasteiger partial charge on any atom is 0.508 e. The van der Waals surface area contributed by atoms with Gasteiger partial charge in [-0.15, -0.1) is 0 Å². The Hall–Kier alpha value is -0.620. The first-order valence-electron chi connectivity index (χ1n) is 7.55. The molecular weight excluding hydrogens is 297 g/mol. The van der Waals surface area contributed by atoms with Crippen LogP contribution in [0.1, 0.15) is 26.2 Å². The van der Waals surface area contributed by atoms with E-state index >= 15 is 0 Å². The number of ether oxygens (including phenoxy) is 2. The van der Waals surface area contributed by atoms with Crippen molar-refractivity contribution in [2.45, 2.75) is 32.3 Å². The minimum absolute atomic E-state index is 0.184. The zero-order valence-electron chi connectivity index (χ0n) is 12.4. The summed E-state index contributed by atoms with van der Waals surface area (Å²) in [5.41, 5.74) is 0. The van der Waals surface area contributed by atoms with E-state index in [1.54, 1.807) is 6.92 Å². The molecule has 0 aromatic rings. The second-order valence-corrected chi connectivity index (χ2v) is 7.89. The van der Waals surface area contributed by atoms with Gasteiger partial charge in [-0.3, -0.25) is 4.57 Å². The summed E-state index contributed by atoms with van der Waals surface area (Å²) in [6.45, 7) is 5.34. The van der Waals surface area contributed by atoms with E-state index < -0.39 is 26.0 Å². The van der Waals surface area contributed by atoms with Crippen molar-refractivity contribution in [1.82, 2.24) is 0 Å². The van der Waals surface area contributed by atoms with E-state index in [2.05, 4.69) is 0 Å². The number of quaternary nitrogens is 1. The van der Waals surface area contributed by atoms with E-state index in [1.807, 2.05) is 0 Å². The predicted molar refractivity (Wildman–Crippen MR) is 75.9 cm³/mol. The van der Waals surface area contributed by atoms with Gasteiger partial charge in [-0.25, -0.2) is 4.79 Å². The van der Waals surface area contributed by atoms with E-state index in [0.29, 0.717) is 6.54 Å². The van der Waals surface area contributed by atoms with Crippen molar-refractivity contribution >= 4 is 13.8 Å². The Morgan fingerprint density at radius 2 is 1.86 bits per heavy atom. The average molecular weight is 322 g/mol. The van der Waals surface area contributed by atoms with E-state index in [0.717, 1.165) is 49.3 Å². The fourth-order valence-electron chi connectivity index (χ4n) is 3.53. The van der Waals surface area contributed by atoms with Crippen molar-refractivity contribution in [3.8, 4) is 0 Å². The van der Waals surface area contributed by atoms with Crippen LogP contribution < -0.4 is 0 Å². The highest BCUT2D eigenvalue weighted by Gasteiger charge is 2.43. The lowest BCUT2D eigenvalue weighted by Crippen LogP contribution is -2.61. The molecule has 3 saturated heterocycles. The molecule has 0 aromatic heterocycles. The molecular formula is C13H25NO6P+. The molecule has 3 aliphatic heterocycles. The van der Waals surface area contributed by atoms with Gasteiger partial charge in [-0.1, -0.05) is 0 Å². The minimum atomic E-state index is -4.23. The summed E-state index contributed by atoms with van der Waals surface area (Å²) in [5, 5.41) is 0. The molecule has 122 valence electrons. The first kappa shape index (κ1) is 16.7. The number of carbonyl (C=O) groups is 1. The van der Waals surface area contributed by atoms with Gasteiger partial charge in [0, 0.05) is 0 Å². The molecule has 3 rings (SSSR count). The molecule has 3 fully saturated rings. The Morgan fingerprint density at radius 3 is 2.33 bits per heavy atom. The zero-order chi connectivity index (χ0) is 15.5. The number of hydrogen-bond acceptors (Lipinski definition) is 4. The molecule has 3 heterocycles. The molecule has 8 heteroatoms. The monoisotopic (exact) mass is 322 g/mol. The lowest BCUT2D eigenvalue weighted by Gasteiger charge is -2.50. The quantitative estimate of drug-likeness (QED) is 0.435. The summed E-state index contributed by atoms with van der Waals surface area (Å²) in [5.74, 6) is 0.802. The van der Waals surface area contributed by atoms with Gasteiger partial charge in [0.15, 0.2) is 6.10 Å². The molecule has 7 nitrogen and oxygen atoms in total. The van der Waals surface area contributed by atoms with E-state index in [-0.39, 0.29) is 6.61 Å². The summed E-state index contributed by atoms with van der Waals surface area (Å²) in [6, 6.07) is 0. The van der Waals surface area contributed by atoms with Crippen LogP contribution in [0.2, 0.25) is 0 Å². The molecule has 0 spiro atoms. The summed E-state index contributed by atoms with van der Waals surface area (Å²) in [6.07, 6.45) is 1.39. The third-order valence-electron chi connectivity index (χ3n) is 4.59. The number of rotatable bonds is 6. The van der Waals surface area contributed by atoms with Crippen LogP contribution >= 0.6 is 7.60 Å². The number of carbonyl (C=O) groups excluding carboxylic acids is 1. The van der Waals surface area contributed by atoms with Crippen LogP contribution in [0, 0.1) is 5.92 Å². The predicted octanol–water partition coefficient (Wildman–Crippen LogP) is 1.34. The first-order valence-corrected chi connectivity index (χ1v) is 9.35. The maximum atomic E-state index is 11.5. The summed E-state index contributed by atoms with van der Waals surface area (Å²) >= 11 is 0. The summed E-state index contributed by atoms with van der Waals surface area (Å²) in [7, 11) is -4.23. The largest absolute Gasteiger partial charge is 0.508 e. The van der Waals surface area contributed by atoms with Gasteiger partial charge >= 0.3 is 13.8 Å². The van der Waals surface area contributed by atoms with Gasteiger partial charge < -0.3 is 23.7 Å². The molecule has 3 aliphatic rings. The van der Waals surface area contributed by atoms with Crippen molar-refractivity contribution in [1.29, 1.82) is 0 Å². The maximum absolute atomic E-state index is 11.5. The van der Waals surface area contributed by atoms with Gasteiger partial charge in [-0.2, -0.15) is 0 Å². The Morgan fingerprint density at radius 1 is 1.29 bits per heavy atom. The number of nitrogens with zero attached hydrogens (tertiary/aromatic N) is 1. The van der Waals surface area contributed by atoms with E-state index in [4.69, 9.17) is 9.47 Å². The summed E-state index contributed by atoms with van der Waals surface area (Å²) < 4.78 is 22.0. The van der Waals surface area contributed by atoms with Crippen LogP contribution in [-0.2, 0) is 14.0 Å². The Bertz CT molecular complexity index is 401. The average Bonchev–Trinajstić information content (AvgIpc) is 2.38. The molecule has 0 radical (unpaired) electrons. The van der Waals surface area contributed by atoms with Crippen LogP contribution in [0.5, 0.6) is 0 Å². The molecule has 2 N–H and O–H groups in total. The van der Waals surface area contributed by atoms with Crippen molar-refractivity contribution < 1.29 is 33.1 Å². The Labute approximate surface area is 125 Å². The highest BCUT2D eigenvalue weighted by atomic mass is 31.2. The third-order valence-corrected chi connectivity index (χ3v) is 5.48. The molecule has 0 aliphatic carbocycles. The van der Waals surface area contributed by atoms with Gasteiger partial charge in [0.1, 0.15) is 6.54 Å². The first-order chi connectivity index (χ1) is 9.82. The van der Waals surface area contributed by atoms with Gasteiger partial charge in [-0.05, 0) is 32.1 Å². The Balaban J connectivity index is 2.00. The van der Waals surface area contributed by atoms with Crippen molar-refractivity contribution in [3.63, 3.8) is 0 Å². The second kappa shape index (κ2) is 6.65. The Kier molecular flexibility index (Phi) is 5.30. The lowest BCUT2D eigenvalue weighted by molar-refractivity contribution is -0.944. The van der Waals surface area contributed by atoms with Crippen molar-refractivity contribution in [3.05, 3.63) is 0 Å². The standard InChI is InChI=1S/C13H24NO6P/c1-2-19-13(15)20-12(10-21(16,17)18)9-14-6-3-11(4-7-14)5-8-14/h11-12H,2-10H2,1H3,(H-,16,17,18)/p+1. The van der Waals surface area contributed by atoms with E-state index in [9.17, 15) is 19.1 Å². The fraction of sp³-hybridized carbons (Fsp3) is 0.923. The van der Waals surface area contributed by atoms with Crippen LogP contribution in [-0.4, -0.2) is 65.5 Å². The van der Waals surface area contributed by atoms with Crippen LogP contribution in [0.3, 0.4) is 0 Å². The molecule has 0 aromatic carbocycles. The smallest absolute Gasteiger partial charge is 0.435 e. The molecule has 1 atom stereocenters. The second-order valence-electron chi connectivity index (χ2n) is 6.20. The zero-order valence-corrected chi connectivity index (χ0v) is 13.3. The molecule has 0 amide bonds. The highest BCUT2D eigenvalue weighted by molar-refractivity contribution is 7.51. The SMILES string of the molecule is CCOC(=O)OC(C[N+]12CCC(CC1)CC2)CP(=O)(O)O. The van der Waals surface area contributed by atoms with E-state index in [1.165, 1.54) is 0 Å². The minimum Gasteiger partial charge on any atom is -0.435 e. The molecule has 0 saturated carbocycles. The number of hydrogen-bond donors (Lipinski definition) is 2. The molecule has 1 unspecified atom stereocenters. The molecule has 21 heavy (non-hydrogen) atoms. The van der Waals surface area contributed by atoms with Gasteiger partial charge in [0.05, 0.1) is 32.4 Å². The van der Waals surface area contributed by atoms with Crippen molar-refractivity contribution in [2.24, 2.45) is 5.92 Å². The topological polar surface area (TPSA) is 93.1 Å². The summed E-state index contributed by atoms with van der Waals surface area (Å²) in [4.78, 5) is 29.9. The molecule has 2 bridgehead atoms.